The molecule has 0 atom stereocenters. The molecule has 5 nitrogen and oxygen atoms in total. The van der Waals surface area contributed by atoms with Crippen LogP contribution in [0.1, 0.15) is 13.8 Å². The molecule has 5 heteroatoms. The molecule has 0 aromatic carbocycles. The molecule has 1 aromatic heterocycles. The number of hydrogen-bond acceptors (Lipinski definition) is 5. The number of rotatable bonds is 6. The number of nitrogens with one attached hydrogen (secondary N) is 2. The summed E-state index contributed by atoms with van der Waals surface area (Å²) in [6.07, 6.45) is 1.73. The standard InChI is InChI=1S/C11H21N5/c1-9(2)16(3)7-6-13-10-4-5-14-11(8-10)15-12/h4-5,8-9H,6-7,12H2,1-3H3,(H2,13,14,15). The van der Waals surface area contributed by atoms with Gasteiger partial charge in [-0.1, -0.05) is 0 Å². The Morgan fingerprint density at radius 2 is 2.25 bits per heavy atom. The van der Waals surface area contributed by atoms with Gasteiger partial charge in [-0.3, -0.25) is 0 Å². The van der Waals surface area contributed by atoms with Crippen molar-refractivity contribution in [3.05, 3.63) is 18.3 Å². The number of pyridine rings is 1. The second-order valence-corrected chi connectivity index (χ2v) is 4.08. The van der Waals surface area contributed by atoms with E-state index < -0.39 is 0 Å². The molecule has 0 unspecified atom stereocenters. The average Bonchev–Trinajstić information content (AvgIpc) is 2.29. The topological polar surface area (TPSA) is 66.2 Å². The predicted octanol–water partition coefficient (Wildman–Crippen LogP) is 1.12. The Hall–Kier alpha value is -1.33. The van der Waals surface area contributed by atoms with Gasteiger partial charge in [0.05, 0.1) is 0 Å². The van der Waals surface area contributed by atoms with Gasteiger partial charge in [0, 0.05) is 37.1 Å². The second-order valence-electron chi connectivity index (χ2n) is 4.08. The van der Waals surface area contributed by atoms with Crippen molar-refractivity contribution in [3.8, 4) is 0 Å². The van der Waals surface area contributed by atoms with Crippen LogP contribution in [-0.4, -0.2) is 36.1 Å². The second kappa shape index (κ2) is 6.30. The zero-order chi connectivity index (χ0) is 12.0. The molecule has 0 spiro atoms. The van der Waals surface area contributed by atoms with Crippen molar-refractivity contribution in [2.45, 2.75) is 19.9 Å². The summed E-state index contributed by atoms with van der Waals surface area (Å²) in [4.78, 5) is 6.33. The molecule has 0 aliphatic rings. The first kappa shape index (κ1) is 12.7. The maximum absolute atomic E-state index is 5.29. The third-order valence-electron chi connectivity index (χ3n) is 2.58. The molecule has 4 N–H and O–H groups in total. The van der Waals surface area contributed by atoms with Crippen LogP contribution in [0.3, 0.4) is 0 Å². The number of hydrazine groups is 1. The average molecular weight is 223 g/mol. The van der Waals surface area contributed by atoms with Gasteiger partial charge in [0.2, 0.25) is 0 Å². The Kier molecular flexibility index (Phi) is 5.01. The molecule has 1 rings (SSSR count). The van der Waals surface area contributed by atoms with Gasteiger partial charge in [-0.05, 0) is 27.0 Å². The van der Waals surface area contributed by atoms with E-state index in [0.717, 1.165) is 18.8 Å². The SMILES string of the molecule is CC(C)N(C)CCNc1ccnc(NN)c1. The first-order chi connectivity index (χ1) is 7.63. The molecular weight excluding hydrogens is 202 g/mol. The molecule has 0 fully saturated rings. The quantitative estimate of drug-likeness (QED) is 0.498. The summed E-state index contributed by atoms with van der Waals surface area (Å²) < 4.78 is 0. The van der Waals surface area contributed by atoms with Crippen LogP contribution in [0.4, 0.5) is 11.5 Å². The van der Waals surface area contributed by atoms with Crippen LogP contribution in [-0.2, 0) is 0 Å². The van der Waals surface area contributed by atoms with Crippen molar-refractivity contribution >= 4 is 11.5 Å². The van der Waals surface area contributed by atoms with Crippen LogP contribution in [0.15, 0.2) is 18.3 Å². The Morgan fingerprint density at radius 1 is 1.50 bits per heavy atom. The maximum atomic E-state index is 5.29. The van der Waals surface area contributed by atoms with Gasteiger partial charge in [-0.15, -0.1) is 0 Å². The lowest BCUT2D eigenvalue weighted by molar-refractivity contribution is 0.284. The lowest BCUT2D eigenvalue weighted by Gasteiger charge is -2.21. The van der Waals surface area contributed by atoms with Crippen molar-refractivity contribution in [2.75, 3.05) is 30.9 Å². The van der Waals surface area contributed by atoms with E-state index in [9.17, 15) is 0 Å². The van der Waals surface area contributed by atoms with E-state index in [4.69, 9.17) is 5.84 Å². The molecule has 0 saturated carbocycles. The smallest absolute Gasteiger partial charge is 0.141 e. The lowest BCUT2D eigenvalue weighted by Crippen LogP contribution is -2.31. The predicted molar refractivity (Wildman–Crippen MR) is 68.3 cm³/mol. The van der Waals surface area contributed by atoms with Crippen LogP contribution in [0.2, 0.25) is 0 Å². The van der Waals surface area contributed by atoms with Crippen LogP contribution >= 0.6 is 0 Å². The molecule has 0 bridgehead atoms. The van der Waals surface area contributed by atoms with Crippen molar-refractivity contribution in [1.29, 1.82) is 0 Å². The molecular formula is C11H21N5. The highest BCUT2D eigenvalue weighted by Crippen LogP contribution is 2.10. The summed E-state index contributed by atoms with van der Waals surface area (Å²) in [6.45, 7) is 6.28. The third kappa shape index (κ3) is 4.04. The lowest BCUT2D eigenvalue weighted by atomic mass is 10.3. The summed E-state index contributed by atoms with van der Waals surface area (Å²) in [5.41, 5.74) is 3.55. The first-order valence-electron chi connectivity index (χ1n) is 5.50. The summed E-state index contributed by atoms with van der Waals surface area (Å²) in [7, 11) is 2.12. The van der Waals surface area contributed by atoms with Crippen LogP contribution in [0.5, 0.6) is 0 Å². The fourth-order valence-corrected chi connectivity index (χ4v) is 1.25. The van der Waals surface area contributed by atoms with Gasteiger partial charge < -0.3 is 15.6 Å². The zero-order valence-corrected chi connectivity index (χ0v) is 10.2. The van der Waals surface area contributed by atoms with Crippen molar-refractivity contribution in [3.63, 3.8) is 0 Å². The monoisotopic (exact) mass is 223 g/mol. The fraction of sp³-hybridized carbons (Fsp3) is 0.545. The van der Waals surface area contributed by atoms with Crippen molar-refractivity contribution in [2.24, 2.45) is 5.84 Å². The summed E-state index contributed by atoms with van der Waals surface area (Å²) >= 11 is 0. The number of likely N-dealkylation sites (N-methyl/N-ethyl adjacent to an activating group) is 1. The minimum atomic E-state index is 0.570. The number of hydrogen-bond donors (Lipinski definition) is 3. The molecule has 1 heterocycles. The summed E-state index contributed by atoms with van der Waals surface area (Å²) in [5.74, 6) is 5.96. The van der Waals surface area contributed by atoms with Crippen LogP contribution < -0.4 is 16.6 Å². The molecule has 0 aliphatic heterocycles. The van der Waals surface area contributed by atoms with Gasteiger partial charge >= 0.3 is 0 Å². The van der Waals surface area contributed by atoms with E-state index in [1.54, 1.807) is 6.20 Å². The minimum absolute atomic E-state index is 0.570. The van der Waals surface area contributed by atoms with E-state index in [1.165, 1.54) is 0 Å². The summed E-state index contributed by atoms with van der Waals surface area (Å²) in [6, 6.07) is 4.38. The van der Waals surface area contributed by atoms with Gasteiger partial charge in [-0.25, -0.2) is 10.8 Å². The number of nitrogens with two attached hydrogens (primary N) is 1. The fourth-order valence-electron chi connectivity index (χ4n) is 1.25. The first-order valence-corrected chi connectivity index (χ1v) is 5.50. The molecule has 0 saturated heterocycles. The summed E-state index contributed by atoms with van der Waals surface area (Å²) in [5, 5.41) is 3.33. The Morgan fingerprint density at radius 3 is 2.88 bits per heavy atom. The number of aromatic nitrogens is 1. The molecule has 0 amide bonds. The molecule has 90 valence electrons. The highest BCUT2D eigenvalue weighted by Gasteiger charge is 2.02. The van der Waals surface area contributed by atoms with E-state index >= 15 is 0 Å². The molecule has 0 aliphatic carbocycles. The van der Waals surface area contributed by atoms with E-state index in [2.05, 4.69) is 41.5 Å². The molecule has 1 aromatic rings. The largest absolute Gasteiger partial charge is 0.384 e. The van der Waals surface area contributed by atoms with Gasteiger partial charge in [0.25, 0.3) is 0 Å². The maximum Gasteiger partial charge on any atom is 0.141 e. The number of nitrogens with zero attached hydrogens (tertiary/aromatic N) is 2. The minimum Gasteiger partial charge on any atom is -0.384 e. The van der Waals surface area contributed by atoms with Crippen molar-refractivity contribution in [1.82, 2.24) is 9.88 Å². The zero-order valence-electron chi connectivity index (χ0n) is 10.2. The van der Waals surface area contributed by atoms with E-state index in [0.29, 0.717) is 11.9 Å². The number of nitrogen functional groups attached to an aromatic ring is 1. The van der Waals surface area contributed by atoms with Crippen LogP contribution in [0, 0.1) is 0 Å². The number of anilines is 2. The Bertz CT molecular complexity index is 313. The highest BCUT2D eigenvalue weighted by molar-refractivity contribution is 5.51. The van der Waals surface area contributed by atoms with Crippen molar-refractivity contribution < 1.29 is 0 Å². The third-order valence-corrected chi connectivity index (χ3v) is 2.58. The molecule has 0 radical (unpaired) electrons. The van der Waals surface area contributed by atoms with Gasteiger partial charge in [0.1, 0.15) is 5.82 Å². The Labute approximate surface area is 97.0 Å². The van der Waals surface area contributed by atoms with Gasteiger partial charge in [0.15, 0.2) is 0 Å². The van der Waals surface area contributed by atoms with E-state index in [-0.39, 0.29) is 0 Å². The normalized spacial score (nSPS) is 10.9. The Balaban J connectivity index is 2.37. The van der Waals surface area contributed by atoms with Crippen LogP contribution in [0.25, 0.3) is 0 Å². The molecule has 16 heavy (non-hydrogen) atoms. The van der Waals surface area contributed by atoms with E-state index in [1.807, 2.05) is 12.1 Å². The highest BCUT2D eigenvalue weighted by atomic mass is 15.2. The van der Waals surface area contributed by atoms with Gasteiger partial charge in [-0.2, -0.15) is 0 Å².